The van der Waals surface area contributed by atoms with Crippen LogP contribution < -0.4 is 4.90 Å². The average Bonchev–Trinajstić information content (AvgIpc) is 2.74. The highest BCUT2D eigenvalue weighted by Gasteiger charge is 2.27. The van der Waals surface area contributed by atoms with Gasteiger partial charge in [-0.3, -0.25) is 4.98 Å². The maximum atomic E-state index is 11.4. The predicted molar refractivity (Wildman–Crippen MR) is 111 cm³/mol. The second-order valence-corrected chi connectivity index (χ2v) is 7.07. The SMILES string of the molecule is CCN(C(=O)O)C1CCN(c2cccc(-c3cccc4cnccc34)n2)CC1. The van der Waals surface area contributed by atoms with Crippen LogP contribution in [-0.4, -0.2) is 51.7 Å². The van der Waals surface area contributed by atoms with Crippen LogP contribution in [-0.2, 0) is 0 Å². The van der Waals surface area contributed by atoms with Crippen molar-refractivity contribution in [2.24, 2.45) is 0 Å². The van der Waals surface area contributed by atoms with Crippen LogP contribution in [0.1, 0.15) is 19.8 Å². The molecule has 0 radical (unpaired) electrons. The normalized spacial score (nSPS) is 15.0. The second kappa shape index (κ2) is 7.84. The first-order valence-electron chi connectivity index (χ1n) is 9.72. The number of rotatable bonds is 4. The van der Waals surface area contributed by atoms with E-state index in [1.165, 1.54) is 0 Å². The van der Waals surface area contributed by atoms with E-state index in [-0.39, 0.29) is 6.04 Å². The molecular weight excluding hydrogens is 352 g/mol. The van der Waals surface area contributed by atoms with E-state index in [4.69, 9.17) is 4.98 Å². The highest BCUT2D eigenvalue weighted by Crippen LogP contribution is 2.29. The second-order valence-electron chi connectivity index (χ2n) is 7.07. The Morgan fingerprint density at radius 3 is 2.71 bits per heavy atom. The fourth-order valence-electron chi connectivity index (χ4n) is 4.05. The molecule has 0 spiro atoms. The van der Waals surface area contributed by atoms with Gasteiger partial charge < -0.3 is 14.9 Å². The fraction of sp³-hybridized carbons (Fsp3) is 0.318. The summed E-state index contributed by atoms with van der Waals surface area (Å²) >= 11 is 0. The smallest absolute Gasteiger partial charge is 0.407 e. The number of nitrogens with zero attached hydrogens (tertiary/aromatic N) is 4. The van der Waals surface area contributed by atoms with E-state index in [0.717, 1.165) is 53.8 Å². The Morgan fingerprint density at radius 2 is 1.96 bits per heavy atom. The van der Waals surface area contributed by atoms with Gasteiger partial charge in [-0.15, -0.1) is 0 Å². The number of aromatic nitrogens is 2. The molecule has 1 saturated heterocycles. The maximum Gasteiger partial charge on any atom is 0.407 e. The van der Waals surface area contributed by atoms with E-state index in [2.05, 4.69) is 22.0 Å². The molecule has 1 aliphatic rings. The largest absolute Gasteiger partial charge is 0.465 e. The first-order valence-corrected chi connectivity index (χ1v) is 9.72. The van der Waals surface area contributed by atoms with Crippen LogP contribution in [0, 0.1) is 0 Å². The van der Waals surface area contributed by atoms with E-state index >= 15 is 0 Å². The highest BCUT2D eigenvalue weighted by molar-refractivity contribution is 5.95. The van der Waals surface area contributed by atoms with Crippen molar-refractivity contribution in [2.75, 3.05) is 24.5 Å². The number of amides is 1. The molecule has 1 aliphatic heterocycles. The van der Waals surface area contributed by atoms with E-state index in [1.807, 2.05) is 49.6 Å². The van der Waals surface area contributed by atoms with Crippen LogP contribution in [0.5, 0.6) is 0 Å². The lowest BCUT2D eigenvalue weighted by molar-refractivity contribution is 0.119. The third-order valence-electron chi connectivity index (χ3n) is 5.51. The Labute approximate surface area is 164 Å². The number of piperidine rings is 1. The molecule has 2 aromatic heterocycles. The number of fused-ring (bicyclic) bond motifs is 1. The number of anilines is 1. The zero-order valence-corrected chi connectivity index (χ0v) is 16.0. The lowest BCUT2D eigenvalue weighted by atomic mass is 10.0. The van der Waals surface area contributed by atoms with Gasteiger partial charge in [-0.05, 0) is 43.4 Å². The van der Waals surface area contributed by atoms with E-state index in [9.17, 15) is 9.90 Å². The summed E-state index contributed by atoms with van der Waals surface area (Å²) in [6.45, 7) is 4.05. The zero-order chi connectivity index (χ0) is 19.5. The molecule has 0 atom stereocenters. The predicted octanol–water partition coefficient (Wildman–Crippen LogP) is 4.27. The van der Waals surface area contributed by atoms with Crippen molar-refractivity contribution < 1.29 is 9.90 Å². The van der Waals surface area contributed by atoms with E-state index in [0.29, 0.717) is 6.54 Å². The van der Waals surface area contributed by atoms with Crippen molar-refractivity contribution in [2.45, 2.75) is 25.8 Å². The molecule has 1 aromatic carbocycles. The van der Waals surface area contributed by atoms with Gasteiger partial charge in [0.2, 0.25) is 0 Å². The minimum Gasteiger partial charge on any atom is -0.465 e. The lowest BCUT2D eigenvalue weighted by Crippen LogP contribution is -2.47. The molecule has 0 unspecified atom stereocenters. The zero-order valence-electron chi connectivity index (χ0n) is 16.0. The number of pyridine rings is 2. The van der Waals surface area contributed by atoms with Gasteiger partial charge in [0, 0.05) is 49.0 Å². The first kappa shape index (κ1) is 18.2. The van der Waals surface area contributed by atoms with Crippen LogP contribution in [0.25, 0.3) is 22.0 Å². The van der Waals surface area contributed by atoms with Gasteiger partial charge in [0.1, 0.15) is 5.82 Å². The summed E-state index contributed by atoms with van der Waals surface area (Å²) in [7, 11) is 0. The van der Waals surface area contributed by atoms with Crippen LogP contribution >= 0.6 is 0 Å². The van der Waals surface area contributed by atoms with E-state index in [1.54, 1.807) is 4.90 Å². The summed E-state index contributed by atoms with van der Waals surface area (Å²) < 4.78 is 0. The third kappa shape index (κ3) is 3.50. The topological polar surface area (TPSA) is 69.6 Å². The molecule has 4 rings (SSSR count). The maximum absolute atomic E-state index is 11.4. The van der Waals surface area contributed by atoms with Gasteiger partial charge in [-0.1, -0.05) is 24.3 Å². The molecule has 28 heavy (non-hydrogen) atoms. The summed E-state index contributed by atoms with van der Waals surface area (Å²) in [4.78, 5) is 24.3. The Balaban J connectivity index is 1.56. The Morgan fingerprint density at radius 1 is 1.18 bits per heavy atom. The third-order valence-corrected chi connectivity index (χ3v) is 5.51. The van der Waals surface area contributed by atoms with Crippen LogP contribution in [0.15, 0.2) is 54.9 Å². The molecule has 144 valence electrons. The van der Waals surface area contributed by atoms with Crippen molar-refractivity contribution in [3.05, 3.63) is 54.9 Å². The number of carbonyl (C=O) groups is 1. The Kier molecular flexibility index (Phi) is 5.10. The van der Waals surface area contributed by atoms with Crippen molar-refractivity contribution in [1.82, 2.24) is 14.9 Å². The number of hydrogen-bond donors (Lipinski definition) is 1. The summed E-state index contributed by atoms with van der Waals surface area (Å²) in [6.07, 6.45) is 4.50. The number of hydrogen-bond acceptors (Lipinski definition) is 4. The quantitative estimate of drug-likeness (QED) is 0.736. The van der Waals surface area contributed by atoms with Gasteiger partial charge in [0.15, 0.2) is 0 Å². The van der Waals surface area contributed by atoms with Gasteiger partial charge >= 0.3 is 6.09 Å². The van der Waals surface area contributed by atoms with Crippen LogP contribution in [0.3, 0.4) is 0 Å². The molecule has 6 heteroatoms. The minimum absolute atomic E-state index is 0.0903. The lowest BCUT2D eigenvalue weighted by Gasteiger charge is -2.37. The van der Waals surface area contributed by atoms with Crippen LogP contribution in [0.4, 0.5) is 10.6 Å². The molecule has 0 bridgehead atoms. The van der Waals surface area contributed by atoms with Gasteiger partial charge in [0.05, 0.1) is 5.69 Å². The average molecular weight is 376 g/mol. The highest BCUT2D eigenvalue weighted by atomic mass is 16.4. The van der Waals surface area contributed by atoms with Crippen LogP contribution in [0.2, 0.25) is 0 Å². The number of carboxylic acid groups (broad SMARTS) is 1. The van der Waals surface area contributed by atoms with Gasteiger partial charge in [-0.2, -0.15) is 0 Å². The monoisotopic (exact) mass is 376 g/mol. The summed E-state index contributed by atoms with van der Waals surface area (Å²) in [5.74, 6) is 0.945. The van der Waals surface area contributed by atoms with Crippen molar-refractivity contribution >= 4 is 22.7 Å². The summed E-state index contributed by atoms with van der Waals surface area (Å²) in [6, 6.07) is 14.4. The first-order chi connectivity index (χ1) is 13.7. The summed E-state index contributed by atoms with van der Waals surface area (Å²) in [5.41, 5.74) is 2.04. The Hall–Kier alpha value is -3.15. The molecule has 6 nitrogen and oxygen atoms in total. The van der Waals surface area contributed by atoms with Crippen molar-refractivity contribution in [1.29, 1.82) is 0 Å². The molecule has 3 aromatic rings. The molecule has 1 fully saturated rings. The molecule has 1 N–H and O–H groups in total. The van der Waals surface area contributed by atoms with Gasteiger partial charge in [-0.25, -0.2) is 9.78 Å². The molecule has 3 heterocycles. The van der Waals surface area contributed by atoms with E-state index < -0.39 is 6.09 Å². The molecule has 0 saturated carbocycles. The minimum atomic E-state index is -0.827. The van der Waals surface area contributed by atoms with Crippen molar-refractivity contribution in [3.8, 4) is 11.3 Å². The summed E-state index contributed by atoms with van der Waals surface area (Å²) in [5, 5.41) is 11.6. The Bertz CT molecular complexity index is 978. The number of benzene rings is 1. The molecular formula is C22H24N4O2. The molecule has 1 amide bonds. The van der Waals surface area contributed by atoms with Crippen molar-refractivity contribution in [3.63, 3.8) is 0 Å². The standard InChI is InChI=1S/C22H24N4O2/c1-2-26(22(27)28)17-10-13-25(14-11-17)21-8-4-7-20(24-21)19-6-3-5-16-15-23-12-9-18(16)19/h3-9,12,15,17H,2,10-11,13-14H2,1H3,(H,27,28). The molecule has 0 aliphatic carbocycles. The fourth-order valence-corrected chi connectivity index (χ4v) is 4.05. The van der Waals surface area contributed by atoms with Gasteiger partial charge in [0.25, 0.3) is 0 Å².